The van der Waals surface area contributed by atoms with Gasteiger partial charge in [-0.2, -0.15) is 4.37 Å². The Hall–Kier alpha value is -2.15. The summed E-state index contributed by atoms with van der Waals surface area (Å²) in [6.45, 7) is 5.23. The topological polar surface area (TPSA) is 48.5 Å². The van der Waals surface area contributed by atoms with Crippen molar-refractivity contribution in [2.45, 2.75) is 19.4 Å². The zero-order valence-electron chi connectivity index (χ0n) is 15.6. The third-order valence-electron chi connectivity index (χ3n) is 5.67. The van der Waals surface area contributed by atoms with Crippen LogP contribution in [0.4, 0.5) is 11.4 Å². The van der Waals surface area contributed by atoms with E-state index in [1.807, 2.05) is 17.9 Å². The fourth-order valence-electron chi connectivity index (χ4n) is 4.33. The van der Waals surface area contributed by atoms with Gasteiger partial charge in [-0.05, 0) is 42.2 Å². The van der Waals surface area contributed by atoms with Crippen LogP contribution in [0, 0.1) is 0 Å². The van der Waals surface area contributed by atoms with Crippen molar-refractivity contribution in [1.29, 1.82) is 0 Å². The standard InChI is InChI=1S/C21H21ClN4OS/c1-2-25-16-11-15(22)17(9-13(16)10-20(25)27)26-8-7-23-12-18(26)21-14-5-3-4-6-19(14)28-24-21/h3-6,9,11,18,23H,2,7-8,10,12H2,1H3. The van der Waals surface area contributed by atoms with Gasteiger partial charge in [0.05, 0.1) is 33.6 Å². The number of hydrogen-bond acceptors (Lipinski definition) is 5. The van der Waals surface area contributed by atoms with E-state index in [0.717, 1.165) is 42.3 Å². The zero-order chi connectivity index (χ0) is 19.3. The van der Waals surface area contributed by atoms with Crippen molar-refractivity contribution in [3.63, 3.8) is 0 Å². The number of piperazine rings is 1. The second kappa shape index (κ2) is 7.03. The van der Waals surface area contributed by atoms with E-state index in [9.17, 15) is 4.79 Å². The van der Waals surface area contributed by atoms with Gasteiger partial charge in [0.2, 0.25) is 5.91 Å². The lowest BCUT2D eigenvalue weighted by Gasteiger charge is -2.38. The molecule has 3 aromatic rings. The summed E-state index contributed by atoms with van der Waals surface area (Å²) in [6, 6.07) is 12.5. The van der Waals surface area contributed by atoms with Gasteiger partial charge in [0.1, 0.15) is 0 Å². The van der Waals surface area contributed by atoms with Gasteiger partial charge in [0.25, 0.3) is 0 Å². The SMILES string of the molecule is CCN1C(=O)Cc2cc(N3CCNCC3c3nsc4ccccc34)c(Cl)cc21. The molecule has 5 nitrogen and oxygen atoms in total. The first-order chi connectivity index (χ1) is 13.7. The van der Waals surface area contributed by atoms with E-state index in [2.05, 4.69) is 40.5 Å². The summed E-state index contributed by atoms with van der Waals surface area (Å²) >= 11 is 8.28. The van der Waals surface area contributed by atoms with E-state index in [1.54, 1.807) is 11.5 Å². The van der Waals surface area contributed by atoms with Gasteiger partial charge in [-0.3, -0.25) is 4.79 Å². The Kier molecular flexibility index (Phi) is 4.50. The number of fused-ring (bicyclic) bond motifs is 2. The Morgan fingerprint density at radius 1 is 1.29 bits per heavy atom. The molecule has 28 heavy (non-hydrogen) atoms. The summed E-state index contributed by atoms with van der Waals surface area (Å²) in [6.07, 6.45) is 0.448. The molecule has 2 aliphatic heterocycles. The maximum absolute atomic E-state index is 12.3. The molecule has 3 heterocycles. The lowest BCUT2D eigenvalue weighted by Crippen LogP contribution is -2.46. The molecule has 1 N–H and O–H groups in total. The number of benzene rings is 2. The number of hydrogen-bond donors (Lipinski definition) is 1. The molecular formula is C21H21ClN4OS. The van der Waals surface area contributed by atoms with E-state index in [4.69, 9.17) is 16.0 Å². The van der Waals surface area contributed by atoms with Crippen LogP contribution in [0.25, 0.3) is 10.1 Å². The average molecular weight is 413 g/mol. The van der Waals surface area contributed by atoms with Crippen molar-refractivity contribution in [1.82, 2.24) is 9.69 Å². The quantitative estimate of drug-likeness (QED) is 0.706. The molecule has 1 atom stereocenters. The van der Waals surface area contributed by atoms with Crippen molar-refractivity contribution >= 4 is 50.5 Å². The minimum atomic E-state index is 0.111. The highest BCUT2D eigenvalue weighted by molar-refractivity contribution is 7.13. The Morgan fingerprint density at radius 2 is 2.14 bits per heavy atom. The molecule has 0 bridgehead atoms. The van der Waals surface area contributed by atoms with Crippen LogP contribution in [0.3, 0.4) is 0 Å². The van der Waals surface area contributed by atoms with Crippen LogP contribution in [-0.4, -0.2) is 36.5 Å². The van der Waals surface area contributed by atoms with E-state index in [0.29, 0.717) is 18.0 Å². The van der Waals surface area contributed by atoms with Crippen molar-refractivity contribution in [2.24, 2.45) is 0 Å². The van der Waals surface area contributed by atoms with Crippen molar-refractivity contribution in [3.05, 3.63) is 52.7 Å². The first kappa shape index (κ1) is 17.9. The summed E-state index contributed by atoms with van der Waals surface area (Å²) in [5, 5.41) is 5.40. The van der Waals surface area contributed by atoms with Crippen LogP contribution < -0.4 is 15.1 Å². The van der Waals surface area contributed by atoms with Gasteiger partial charge in [-0.1, -0.05) is 29.8 Å². The minimum absolute atomic E-state index is 0.111. The summed E-state index contributed by atoms with van der Waals surface area (Å²) in [5.41, 5.74) is 4.10. The van der Waals surface area contributed by atoms with Crippen LogP contribution in [-0.2, 0) is 11.2 Å². The Balaban J connectivity index is 1.58. The average Bonchev–Trinajstić information content (AvgIpc) is 3.27. The van der Waals surface area contributed by atoms with Crippen LogP contribution >= 0.6 is 23.1 Å². The second-order valence-corrected chi connectivity index (χ2v) is 8.44. The number of carbonyl (C=O) groups excluding carboxylic acids is 1. The smallest absolute Gasteiger partial charge is 0.231 e. The Labute approximate surface area is 173 Å². The normalized spacial score (nSPS) is 19.5. The molecule has 1 unspecified atom stereocenters. The maximum atomic E-state index is 12.3. The summed E-state index contributed by atoms with van der Waals surface area (Å²) in [4.78, 5) is 16.5. The summed E-state index contributed by atoms with van der Waals surface area (Å²) < 4.78 is 5.99. The van der Waals surface area contributed by atoms with Crippen molar-refractivity contribution in [2.75, 3.05) is 36.0 Å². The molecule has 0 radical (unpaired) electrons. The third-order valence-corrected chi connectivity index (χ3v) is 6.82. The highest BCUT2D eigenvalue weighted by Gasteiger charge is 2.32. The molecule has 144 valence electrons. The molecular weight excluding hydrogens is 392 g/mol. The van der Waals surface area contributed by atoms with Gasteiger partial charge < -0.3 is 15.1 Å². The highest BCUT2D eigenvalue weighted by Crippen LogP contribution is 2.41. The van der Waals surface area contributed by atoms with Crippen LogP contribution in [0.2, 0.25) is 5.02 Å². The minimum Gasteiger partial charge on any atom is -0.359 e. The van der Waals surface area contributed by atoms with E-state index >= 15 is 0 Å². The molecule has 0 aliphatic carbocycles. The molecule has 2 aromatic carbocycles. The van der Waals surface area contributed by atoms with Crippen LogP contribution in [0.5, 0.6) is 0 Å². The van der Waals surface area contributed by atoms with Crippen LogP contribution in [0.15, 0.2) is 36.4 Å². The second-order valence-electron chi connectivity index (χ2n) is 7.22. The monoisotopic (exact) mass is 412 g/mol. The molecule has 1 amide bonds. The van der Waals surface area contributed by atoms with Gasteiger partial charge in [-0.25, -0.2) is 0 Å². The fraction of sp³-hybridized carbons (Fsp3) is 0.333. The summed E-state index contributed by atoms with van der Waals surface area (Å²) in [5.74, 6) is 0.146. The van der Waals surface area contributed by atoms with Crippen LogP contribution in [0.1, 0.15) is 24.2 Å². The van der Waals surface area contributed by atoms with E-state index in [-0.39, 0.29) is 11.9 Å². The molecule has 0 spiro atoms. The first-order valence-corrected chi connectivity index (χ1v) is 10.8. The number of carbonyl (C=O) groups is 1. The third kappa shape index (κ3) is 2.79. The number of nitrogens with one attached hydrogen (secondary N) is 1. The molecule has 1 fully saturated rings. The molecule has 1 saturated heterocycles. The lowest BCUT2D eigenvalue weighted by molar-refractivity contribution is -0.117. The highest BCUT2D eigenvalue weighted by atomic mass is 35.5. The predicted octanol–water partition coefficient (Wildman–Crippen LogP) is 4.01. The van der Waals surface area contributed by atoms with Gasteiger partial charge in [0, 0.05) is 37.3 Å². The lowest BCUT2D eigenvalue weighted by atomic mass is 10.0. The molecule has 7 heteroatoms. The Morgan fingerprint density at radius 3 is 3.00 bits per heavy atom. The van der Waals surface area contributed by atoms with Gasteiger partial charge >= 0.3 is 0 Å². The van der Waals surface area contributed by atoms with Gasteiger partial charge in [-0.15, -0.1) is 0 Å². The number of aromatic nitrogens is 1. The number of nitrogens with zero attached hydrogens (tertiary/aromatic N) is 3. The number of anilines is 2. The van der Waals surface area contributed by atoms with Crippen molar-refractivity contribution < 1.29 is 4.79 Å². The number of likely N-dealkylation sites (N-methyl/N-ethyl adjacent to an activating group) is 1. The van der Waals surface area contributed by atoms with Crippen molar-refractivity contribution in [3.8, 4) is 0 Å². The molecule has 2 aliphatic rings. The fourth-order valence-corrected chi connectivity index (χ4v) is 5.42. The molecule has 5 rings (SSSR count). The van der Waals surface area contributed by atoms with E-state index in [1.165, 1.54) is 10.1 Å². The number of amides is 1. The maximum Gasteiger partial charge on any atom is 0.231 e. The molecule has 0 saturated carbocycles. The largest absolute Gasteiger partial charge is 0.359 e. The number of rotatable bonds is 3. The van der Waals surface area contributed by atoms with Gasteiger partial charge in [0.15, 0.2) is 0 Å². The van der Waals surface area contributed by atoms with E-state index < -0.39 is 0 Å². The zero-order valence-corrected chi connectivity index (χ0v) is 17.2. The Bertz CT molecular complexity index is 1070. The summed E-state index contributed by atoms with van der Waals surface area (Å²) in [7, 11) is 0. The first-order valence-electron chi connectivity index (χ1n) is 9.62. The number of halogens is 1. The predicted molar refractivity (Wildman–Crippen MR) is 116 cm³/mol. The molecule has 1 aromatic heterocycles.